The zero-order valence-electron chi connectivity index (χ0n) is 8.07. The van der Waals surface area contributed by atoms with E-state index in [1.54, 1.807) is 12.4 Å². The maximum atomic E-state index is 10.7. The molecule has 0 amide bonds. The summed E-state index contributed by atoms with van der Waals surface area (Å²) in [7, 11) is 1.28. The predicted molar refractivity (Wildman–Crippen MR) is 50.3 cm³/mol. The lowest BCUT2D eigenvalue weighted by Crippen LogP contribution is -1.96. The van der Waals surface area contributed by atoms with Crippen LogP contribution in [0, 0.1) is 11.8 Å². The molecule has 4 nitrogen and oxygen atoms in total. The normalized spacial score (nSPS) is 8.71. The first kappa shape index (κ1) is 10.2. The van der Waals surface area contributed by atoms with Gasteiger partial charge in [-0.05, 0) is 17.9 Å². The Bertz CT molecular complexity index is 373. The third kappa shape index (κ3) is 2.87. The zero-order valence-corrected chi connectivity index (χ0v) is 8.07. The minimum Gasteiger partial charge on any atom is -0.459 e. The summed E-state index contributed by atoms with van der Waals surface area (Å²) in [4.78, 5) is 18.6. The smallest absolute Gasteiger partial charge is 0.384 e. The Morgan fingerprint density at radius 2 is 2.14 bits per heavy atom. The number of aromatic nitrogens is 2. The summed E-state index contributed by atoms with van der Waals surface area (Å²) >= 11 is 0. The quantitative estimate of drug-likeness (QED) is 0.479. The summed E-state index contributed by atoms with van der Waals surface area (Å²) < 4.78 is 4.35. The first-order valence-corrected chi connectivity index (χ1v) is 4.17. The van der Waals surface area contributed by atoms with E-state index >= 15 is 0 Å². The third-order valence-electron chi connectivity index (χ3n) is 1.58. The molecule has 1 aromatic heterocycles. The van der Waals surface area contributed by atoms with Gasteiger partial charge in [-0.3, -0.25) is 0 Å². The van der Waals surface area contributed by atoms with Crippen LogP contribution in [0.25, 0.3) is 0 Å². The van der Waals surface area contributed by atoms with E-state index < -0.39 is 5.97 Å². The Balaban J connectivity index is 2.76. The summed E-state index contributed by atoms with van der Waals surface area (Å²) in [5.41, 5.74) is 1.04. The van der Waals surface area contributed by atoms with Gasteiger partial charge in [-0.15, -0.1) is 0 Å². The van der Waals surface area contributed by atoms with Gasteiger partial charge in [-0.25, -0.2) is 14.8 Å². The van der Waals surface area contributed by atoms with Crippen molar-refractivity contribution in [3.8, 4) is 11.8 Å². The van der Waals surface area contributed by atoms with Gasteiger partial charge in [0.2, 0.25) is 5.82 Å². The van der Waals surface area contributed by atoms with Crippen LogP contribution < -0.4 is 0 Å². The van der Waals surface area contributed by atoms with Crippen molar-refractivity contribution in [2.24, 2.45) is 0 Å². The number of carbonyl (C=O) groups excluding carboxylic acids is 1. The molecule has 0 atom stereocenters. The molecule has 1 rings (SSSR count). The lowest BCUT2D eigenvalue weighted by atomic mass is 10.3. The van der Waals surface area contributed by atoms with Crippen LogP contribution in [0.1, 0.15) is 18.3 Å². The van der Waals surface area contributed by atoms with Gasteiger partial charge in [0.25, 0.3) is 0 Å². The summed E-state index contributed by atoms with van der Waals surface area (Å²) in [6, 6.07) is 0. The fourth-order valence-electron chi connectivity index (χ4n) is 0.760. The van der Waals surface area contributed by atoms with Crippen molar-refractivity contribution in [2.45, 2.75) is 13.3 Å². The molecular weight excluding hydrogens is 180 g/mol. The van der Waals surface area contributed by atoms with Crippen molar-refractivity contribution in [3.05, 3.63) is 23.8 Å². The number of methoxy groups -OCH3 is 1. The van der Waals surface area contributed by atoms with E-state index in [1.807, 2.05) is 6.92 Å². The van der Waals surface area contributed by atoms with E-state index in [-0.39, 0.29) is 0 Å². The maximum absolute atomic E-state index is 10.7. The van der Waals surface area contributed by atoms with E-state index in [0.717, 1.165) is 12.0 Å². The number of nitrogens with zero attached hydrogens (tertiary/aromatic N) is 2. The Hall–Kier alpha value is -1.89. The van der Waals surface area contributed by atoms with Gasteiger partial charge in [0.15, 0.2) is 0 Å². The van der Waals surface area contributed by atoms with Crippen molar-refractivity contribution in [1.29, 1.82) is 0 Å². The molecule has 14 heavy (non-hydrogen) atoms. The Morgan fingerprint density at radius 3 is 2.64 bits per heavy atom. The minimum atomic E-state index is -0.590. The fraction of sp³-hybridized carbons (Fsp3) is 0.300. The molecular formula is C10H10N2O2. The number of carbonyl (C=O) groups is 1. The van der Waals surface area contributed by atoms with Crippen LogP contribution in [-0.2, 0) is 16.0 Å². The molecule has 0 saturated heterocycles. The topological polar surface area (TPSA) is 52.1 Å². The molecule has 0 spiro atoms. The Morgan fingerprint density at radius 1 is 1.50 bits per heavy atom. The second-order valence-corrected chi connectivity index (χ2v) is 2.51. The van der Waals surface area contributed by atoms with Gasteiger partial charge in [0, 0.05) is 18.3 Å². The highest BCUT2D eigenvalue weighted by molar-refractivity contribution is 5.88. The maximum Gasteiger partial charge on any atom is 0.384 e. The monoisotopic (exact) mass is 190 g/mol. The lowest BCUT2D eigenvalue weighted by Gasteiger charge is -1.93. The molecule has 72 valence electrons. The van der Waals surface area contributed by atoms with Crippen LogP contribution in [0.15, 0.2) is 12.4 Å². The number of aryl methyl sites for hydroxylation is 1. The van der Waals surface area contributed by atoms with Crippen LogP contribution in [-0.4, -0.2) is 23.0 Å². The van der Waals surface area contributed by atoms with Gasteiger partial charge in [-0.1, -0.05) is 6.92 Å². The molecule has 1 aromatic rings. The number of hydrogen-bond donors (Lipinski definition) is 0. The van der Waals surface area contributed by atoms with Crippen LogP contribution >= 0.6 is 0 Å². The van der Waals surface area contributed by atoms with Crippen molar-refractivity contribution in [1.82, 2.24) is 9.97 Å². The van der Waals surface area contributed by atoms with Crippen LogP contribution in [0.3, 0.4) is 0 Å². The van der Waals surface area contributed by atoms with E-state index in [2.05, 4.69) is 26.5 Å². The number of hydrogen-bond acceptors (Lipinski definition) is 4. The second-order valence-electron chi connectivity index (χ2n) is 2.51. The Kier molecular flexibility index (Phi) is 3.62. The first-order chi connectivity index (χ1) is 6.76. The molecule has 0 aliphatic heterocycles. The predicted octanol–water partition coefficient (Wildman–Crippen LogP) is 0.564. The highest BCUT2D eigenvalue weighted by Gasteiger charge is 1.93. The molecule has 0 aliphatic carbocycles. The number of esters is 1. The van der Waals surface area contributed by atoms with E-state index in [9.17, 15) is 4.79 Å². The molecule has 0 radical (unpaired) electrons. The molecule has 0 unspecified atom stereocenters. The van der Waals surface area contributed by atoms with Crippen molar-refractivity contribution in [3.63, 3.8) is 0 Å². The fourth-order valence-corrected chi connectivity index (χ4v) is 0.760. The molecule has 1 heterocycles. The molecule has 0 bridgehead atoms. The molecule has 0 saturated carbocycles. The summed E-state index contributed by atoms with van der Waals surface area (Å²) in [5, 5.41) is 0. The van der Waals surface area contributed by atoms with E-state index in [0.29, 0.717) is 5.82 Å². The second kappa shape index (κ2) is 4.97. The van der Waals surface area contributed by atoms with Crippen molar-refractivity contribution in [2.75, 3.05) is 7.11 Å². The first-order valence-electron chi connectivity index (χ1n) is 4.17. The van der Waals surface area contributed by atoms with Gasteiger partial charge in [-0.2, -0.15) is 0 Å². The SMILES string of the molecule is CCc1cnc(C#CC(=O)OC)nc1. The summed E-state index contributed by atoms with van der Waals surface area (Å²) in [5.74, 6) is 4.49. The summed E-state index contributed by atoms with van der Waals surface area (Å²) in [6.07, 6.45) is 4.26. The van der Waals surface area contributed by atoms with Gasteiger partial charge in [0.05, 0.1) is 7.11 Å². The molecule has 4 heteroatoms. The van der Waals surface area contributed by atoms with Gasteiger partial charge < -0.3 is 4.74 Å². The molecule has 0 N–H and O–H groups in total. The highest BCUT2D eigenvalue weighted by Crippen LogP contribution is 1.95. The van der Waals surface area contributed by atoms with E-state index in [4.69, 9.17) is 0 Å². The average molecular weight is 190 g/mol. The average Bonchev–Trinajstić information content (AvgIpc) is 2.26. The van der Waals surface area contributed by atoms with Crippen LogP contribution in [0.4, 0.5) is 0 Å². The number of rotatable bonds is 1. The lowest BCUT2D eigenvalue weighted by molar-refractivity contribution is -0.133. The van der Waals surface area contributed by atoms with Gasteiger partial charge in [0.1, 0.15) is 0 Å². The molecule has 0 aliphatic rings. The zero-order chi connectivity index (χ0) is 10.4. The van der Waals surface area contributed by atoms with E-state index in [1.165, 1.54) is 7.11 Å². The third-order valence-corrected chi connectivity index (χ3v) is 1.58. The standard InChI is InChI=1S/C10H10N2O2/c1-3-8-6-11-9(12-7-8)4-5-10(13)14-2/h6-7H,3H2,1-2H3. The van der Waals surface area contributed by atoms with Crippen molar-refractivity contribution >= 4 is 5.97 Å². The molecule has 0 fully saturated rings. The number of ether oxygens (including phenoxy) is 1. The highest BCUT2D eigenvalue weighted by atomic mass is 16.5. The summed E-state index contributed by atoms with van der Waals surface area (Å²) in [6.45, 7) is 2.01. The van der Waals surface area contributed by atoms with Crippen LogP contribution in [0.2, 0.25) is 0 Å². The van der Waals surface area contributed by atoms with Crippen LogP contribution in [0.5, 0.6) is 0 Å². The largest absolute Gasteiger partial charge is 0.459 e. The van der Waals surface area contributed by atoms with Gasteiger partial charge >= 0.3 is 5.97 Å². The molecule has 0 aromatic carbocycles. The minimum absolute atomic E-state index is 0.326. The Labute approximate surface area is 82.3 Å². The van der Waals surface area contributed by atoms with Crippen molar-refractivity contribution < 1.29 is 9.53 Å².